The first kappa shape index (κ1) is 16.2. The Kier molecular flexibility index (Phi) is 3.87. The molecular formula is C11H11F3N2O6. The molecule has 0 spiro atoms. The quantitative estimate of drug-likeness (QED) is 0.558. The predicted octanol–water partition coefficient (Wildman–Crippen LogP) is -0.483. The third-order valence-corrected chi connectivity index (χ3v) is 3.51. The Morgan fingerprint density at radius 2 is 1.91 bits per heavy atom. The first-order valence-electron chi connectivity index (χ1n) is 5.99. The Hall–Kier alpha value is -2.14. The van der Waals surface area contributed by atoms with Crippen LogP contribution in [0.5, 0.6) is 0 Å². The van der Waals surface area contributed by atoms with Gasteiger partial charge in [-0.1, -0.05) is 0 Å². The maximum absolute atomic E-state index is 11.6. The van der Waals surface area contributed by atoms with Crippen LogP contribution in [0.15, 0.2) is 11.3 Å². The molecule has 1 amide bonds. The molecular weight excluding hydrogens is 313 g/mol. The molecule has 122 valence electrons. The highest BCUT2D eigenvalue weighted by molar-refractivity contribution is 6.01. The van der Waals surface area contributed by atoms with Crippen LogP contribution in [0.2, 0.25) is 0 Å². The van der Waals surface area contributed by atoms with Gasteiger partial charge in [-0.2, -0.15) is 13.2 Å². The van der Waals surface area contributed by atoms with Crippen molar-refractivity contribution < 1.29 is 42.5 Å². The number of rotatable bonds is 1. The second-order valence-electron chi connectivity index (χ2n) is 4.75. The van der Waals surface area contributed by atoms with E-state index < -0.39 is 18.1 Å². The molecule has 0 aromatic rings. The average Bonchev–Trinajstić information content (AvgIpc) is 2.71. The molecule has 3 aliphatic heterocycles. The van der Waals surface area contributed by atoms with Crippen LogP contribution in [0.1, 0.15) is 6.92 Å². The molecule has 2 saturated heterocycles. The highest BCUT2D eigenvalue weighted by atomic mass is 19.4. The summed E-state index contributed by atoms with van der Waals surface area (Å²) in [7, 11) is 0. The molecule has 0 aromatic carbocycles. The molecule has 0 aliphatic carbocycles. The van der Waals surface area contributed by atoms with Gasteiger partial charge in [0.05, 0.1) is 12.8 Å². The molecule has 8 nitrogen and oxygen atoms in total. The van der Waals surface area contributed by atoms with Crippen molar-refractivity contribution in [2.45, 2.75) is 31.3 Å². The Bertz CT molecular complexity index is 573. The molecule has 0 radical (unpaired) electrons. The van der Waals surface area contributed by atoms with Crippen molar-refractivity contribution in [1.82, 2.24) is 10.2 Å². The topological polar surface area (TPSA) is 116 Å². The maximum Gasteiger partial charge on any atom is 0.490 e. The van der Waals surface area contributed by atoms with Crippen molar-refractivity contribution in [3.63, 3.8) is 0 Å². The summed E-state index contributed by atoms with van der Waals surface area (Å²) in [6, 6.07) is -0.423. The van der Waals surface area contributed by atoms with Gasteiger partial charge < -0.3 is 14.9 Å². The first-order chi connectivity index (χ1) is 10.1. The van der Waals surface area contributed by atoms with E-state index in [-0.39, 0.29) is 29.8 Å². The molecule has 3 aliphatic rings. The van der Waals surface area contributed by atoms with Gasteiger partial charge in [-0.05, 0) is 12.5 Å². The Labute approximate surface area is 121 Å². The van der Waals surface area contributed by atoms with Gasteiger partial charge in [0.2, 0.25) is 5.91 Å². The summed E-state index contributed by atoms with van der Waals surface area (Å²) in [5, 5.41) is 19.1. The summed E-state index contributed by atoms with van der Waals surface area (Å²) >= 11 is 0. The lowest BCUT2D eigenvalue weighted by atomic mass is 9.91. The Morgan fingerprint density at radius 3 is 2.36 bits per heavy atom. The van der Waals surface area contributed by atoms with E-state index in [1.807, 2.05) is 0 Å². The second kappa shape index (κ2) is 5.25. The van der Waals surface area contributed by atoms with Crippen molar-refractivity contribution in [3.05, 3.63) is 11.3 Å². The SMILES string of the molecule is CC1=C(C(=O)O)N2C(=O)[C@H]3NCOC1[C@@H]32.O=C(O)C(F)(F)F. The van der Waals surface area contributed by atoms with Gasteiger partial charge in [0.15, 0.2) is 0 Å². The zero-order valence-electron chi connectivity index (χ0n) is 11.0. The number of nitrogens with one attached hydrogen (secondary N) is 1. The lowest BCUT2D eigenvalue weighted by molar-refractivity contribution is -0.192. The summed E-state index contributed by atoms with van der Waals surface area (Å²) in [6.45, 7) is 2.01. The average molecular weight is 324 g/mol. The smallest absolute Gasteiger partial charge is 0.477 e. The normalized spacial score (nSPS) is 29.4. The number of amides is 1. The number of carbonyl (C=O) groups excluding carboxylic acids is 1. The van der Waals surface area contributed by atoms with Gasteiger partial charge in [0.1, 0.15) is 17.8 Å². The van der Waals surface area contributed by atoms with Gasteiger partial charge in [-0.25, -0.2) is 9.59 Å². The number of halogens is 3. The van der Waals surface area contributed by atoms with Gasteiger partial charge in [0, 0.05) is 0 Å². The van der Waals surface area contributed by atoms with Gasteiger partial charge in [-0.15, -0.1) is 0 Å². The predicted molar refractivity (Wildman–Crippen MR) is 61.3 cm³/mol. The fourth-order valence-electron chi connectivity index (χ4n) is 2.59. The van der Waals surface area contributed by atoms with Crippen molar-refractivity contribution in [2.75, 3.05) is 6.73 Å². The highest BCUT2D eigenvalue weighted by Crippen LogP contribution is 2.41. The summed E-state index contributed by atoms with van der Waals surface area (Å²) < 4.78 is 37.2. The van der Waals surface area contributed by atoms with Crippen molar-refractivity contribution in [1.29, 1.82) is 0 Å². The molecule has 0 bridgehead atoms. The maximum atomic E-state index is 11.6. The molecule has 11 heteroatoms. The minimum atomic E-state index is -5.08. The summed E-state index contributed by atoms with van der Waals surface area (Å²) in [6.07, 6.45) is -5.33. The third kappa shape index (κ3) is 2.41. The van der Waals surface area contributed by atoms with Crippen LogP contribution in [-0.2, 0) is 19.1 Å². The number of hydrogen-bond donors (Lipinski definition) is 3. The van der Waals surface area contributed by atoms with Crippen molar-refractivity contribution in [2.24, 2.45) is 0 Å². The fourth-order valence-corrected chi connectivity index (χ4v) is 2.59. The van der Waals surface area contributed by atoms with Crippen LogP contribution in [0.3, 0.4) is 0 Å². The molecule has 2 fully saturated rings. The molecule has 22 heavy (non-hydrogen) atoms. The summed E-state index contributed by atoms with van der Waals surface area (Å²) in [5.41, 5.74) is 0.736. The number of nitrogens with zero attached hydrogens (tertiary/aromatic N) is 1. The molecule has 3 rings (SSSR count). The molecule has 0 saturated carbocycles. The number of carboxylic acids is 2. The van der Waals surface area contributed by atoms with E-state index in [0.717, 1.165) is 0 Å². The van der Waals surface area contributed by atoms with Crippen LogP contribution >= 0.6 is 0 Å². The van der Waals surface area contributed by atoms with Crippen LogP contribution in [0, 0.1) is 0 Å². The van der Waals surface area contributed by atoms with E-state index in [0.29, 0.717) is 12.3 Å². The summed E-state index contributed by atoms with van der Waals surface area (Å²) in [4.78, 5) is 32.9. The second-order valence-corrected chi connectivity index (χ2v) is 4.75. The fraction of sp³-hybridized carbons (Fsp3) is 0.545. The minimum absolute atomic E-state index is 0.0925. The van der Waals surface area contributed by atoms with E-state index in [4.69, 9.17) is 19.7 Å². The first-order valence-corrected chi connectivity index (χ1v) is 5.99. The number of alkyl halides is 3. The molecule has 1 unspecified atom stereocenters. The lowest BCUT2D eigenvalue weighted by Gasteiger charge is -2.48. The van der Waals surface area contributed by atoms with Crippen LogP contribution < -0.4 is 5.32 Å². The minimum Gasteiger partial charge on any atom is -0.477 e. The Balaban J connectivity index is 0.000000217. The van der Waals surface area contributed by atoms with Gasteiger partial charge in [0.25, 0.3) is 0 Å². The number of ether oxygens (including phenoxy) is 1. The number of carboxylic acid groups (broad SMARTS) is 2. The molecule has 3 N–H and O–H groups in total. The van der Waals surface area contributed by atoms with E-state index >= 15 is 0 Å². The standard InChI is InChI=1S/C9H10N2O4.C2HF3O2/c1-3-5(9(13)14)11-6-4(8(11)12)10-2-15-7(3)6;3-2(4,5)1(6)7/h4,6-7,10H,2H2,1H3,(H,13,14);(H,6,7)/t4-,6+,7?;/m0./s1. The van der Waals surface area contributed by atoms with Crippen molar-refractivity contribution >= 4 is 17.8 Å². The largest absolute Gasteiger partial charge is 0.490 e. The zero-order valence-corrected chi connectivity index (χ0v) is 11.0. The van der Waals surface area contributed by atoms with E-state index in [1.165, 1.54) is 4.90 Å². The van der Waals surface area contributed by atoms with E-state index in [9.17, 15) is 22.8 Å². The number of carbonyl (C=O) groups is 3. The number of aliphatic carboxylic acids is 2. The molecule has 3 atom stereocenters. The molecule has 0 aromatic heterocycles. The van der Waals surface area contributed by atoms with Gasteiger partial charge >= 0.3 is 18.1 Å². The van der Waals surface area contributed by atoms with Crippen LogP contribution in [-0.4, -0.2) is 64.1 Å². The lowest BCUT2D eigenvalue weighted by Crippen LogP contribution is -2.73. The number of hydrogen-bond acceptors (Lipinski definition) is 5. The third-order valence-electron chi connectivity index (χ3n) is 3.51. The molecule has 3 heterocycles. The van der Waals surface area contributed by atoms with E-state index in [2.05, 4.69) is 5.32 Å². The summed E-state index contributed by atoms with van der Waals surface area (Å²) in [5.74, 6) is -3.98. The monoisotopic (exact) mass is 324 g/mol. The van der Waals surface area contributed by atoms with Gasteiger partial charge in [-0.3, -0.25) is 15.0 Å². The van der Waals surface area contributed by atoms with Crippen molar-refractivity contribution in [3.8, 4) is 0 Å². The zero-order chi connectivity index (χ0) is 16.8. The number of β-lactam (4-membered cyclic amide) rings is 1. The van der Waals surface area contributed by atoms with E-state index in [1.54, 1.807) is 6.92 Å². The Morgan fingerprint density at radius 1 is 1.36 bits per heavy atom. The highest BCUT2D eigenvalue weighted by Gasteiger charge is 2.61. The van der Waals surface area contributed by atoms with Crippen LogP contribution in [0.4, 0.5) is 13.2 Å². The van der Waals surface area contributed by atoms with Crippen LogP contribution in [0.25, 0.3) is 0 Å².